The van der Waals surface area contributed by atoms with Crippen LogP contribution in [0.15, 0.2) is 45.8 Å². The van der Waals surface area contributed by atoms with Crippen LogP contribution >= 0.6 is 15.9 Å². The van der Waals surface area contributed by atoms with E-state index in [1.807, 2.05) is 13.0 Å². The molecule has 0 aliphatic heterocycles. The number of nitrogens with zero attached hydrogens (tertiary/aromatic N) is 2. The highest BCUT2D eigenvalue weighted by Gasteiger charge is 2.17. The number of carbonyl (C=O) groups excluding carboxylic acids is 1. The fourth-order valence-corrected chi connectivity index (χ4v) is 2.72. The number of hydrogen-bond donors (Lipinski definition) is 2. The van der Waals surface area contributed by atoms with Crippen LogP contribution in [0.5, 0.6) is 0 Å². The van der Waals surface area contributed by atoms with Gasteiger partial charge in [0.2, 0.25) is 0 Å². The van der Waals surface area contributed by atoms with Crippen LogP contribution in [0.3, 0.4) is 0 Å². The number of rotatable bonds is 4. The number of benzene rings is 1. The monoisotopic (exact) mass is 374 g/mol. The number of nitrogens with one attached hydrogen (secondary N) is 2. The molecule has 0 bridgehead atoms. The van der Waals surface area contributed by atoms with Crippen molar-refractivity contribution in [1.82, 2.24) is 19.9 Å². The van der Waals surface area contributed by atoms with Gasteiger partial charge < -0.3 is 14.9 Å². The number of carbonyl (C=O) groups is 1. The van der Waals surface area contributed by atoms with Crippen LogP contribution < -0.4 is 5.56 Å². The number of H-pyrrole nitrogens is 2. The molecule has 6 nitrogen and oxygen atoms in total. The lowest BCUT2D eigenvalue weighted by molar-refractivity contribution is 0.0743. The van der Waals surface area contributed by atoms with E-state index < -0.39 is 0 Å². The average molecular weight is 375 g/mol. The first kappa shape index (κ1) is 15.5. The minimum Gasteiger partial charge on any atom is -0.356 e. The first-order valence-electron chi connectivity index (χ1n) is 7.19. The summed E-state index contributed by atoms with van der Waals surface area (Å²) in [7, 11) is 0. The highest BCUT2D eigenvalue weighted by atomic mass is 79.9. The van der Waals surface area contributed by atoms with Crippen LogP contribution in [0.4, 0.5) is 0 Å². The van der Waals surface area contributed by atoms with Crippen molar-refractivity contribution in [3.63, 3.8) is 0 Å². The predicted octanol–water partition coefficient (Wildman–Crippen LogP) is 2.68. The number of fused-ring (bicyclic) bond motifs is 1. The quantitative estimate of drug-likeness (QED) is 0.736. The van der Waals surface area contributed by atoms with E-state index in [0.717, 1.165) is 4.47 Å². The van der Waals surface area contributed by atoms with Gasteiger partial charge in [0.25, 0.3) is 11.5 Å². The van der Waals surface area contributed by atoms with Gasteiger partial charge in [-0.15, -0.1) is 0 Å². The van der Waals surface area contributed by atoms with Crippen LogP contribution in [-0.2, 0) is 6.54 Å². The molecule has 3 aromatic rings. The SMILES string of the molecule is CCN(Cc1nc2ccccc2c(=O)[nH]1)C(=O)c1cc(Br)c[nH]1. The molecule has 1 aromatic carbocycles. The van der Waals surface area contributed by atoms with Crippen molar-refractivity contribution in [2.24, 2.45) is 0 Å². The van der Waals surface area contributed by atoms with Gasteiger partial charge in [-0.1, -0.05) is 12.1 Å². The molecule has 0 fully saturated rings. The molecule has 0 radical (unpaired) electrons. The highest BCUT2D eigenvalue weighted by Crippen LogP contribution is 2.14. The summed E-state index contributed by atoms with van der Waals surface area (Å²) in [6.45, 7) is 2.63. The lowest BCUT2D eigenvalue weighted by atomic mass is 10.2. The van der Waals surface area contributed by atoms with Crippen molar-refractivity contribution < 1.29 is 4.79 Å². The Labute approximate surface area is 140 Å². The molecule has 23 heavy (non-hydrogen) atoms. The van der Waals surface area contributed by atoms with E-state index in [0.29, 0.717) is 29.0 Å². The molecule has 7 heteroatoms. The van der Waals surface area contributed by atoms with Gasteiger partial charge in [-0.25, -0.2) is 4.98 Å². The molecule has 0 aliphatic rings. The minimum absolute atomic E-state index is 0.144. The molecule has 0 saturated carbocycles. The number of para-hydroxylation sites is 1. The van der Waals surface area contributed by atoms with E-state index >= 15 is 0 Å². The lowest BCUT2D eigenvalue weighted by Gasteiger charge is -2.19. The minimum atomic E-state index is -0.197. The van der Waals surface area contributed by atoms with Crippen LogP contribution in [-0.4, -0.2) is 32.3 Å². The van der Waals surface area contributed by atoms with Gasteiger partial charge in [0, 0.05) is 17.2 Å². The second kappa shape index (κ2) is 6.37. The van der Waals surface area contributed by atoms with Gasteiger partial charge in [-0.2, -0.15) is 0 Å². The van der Waals surface area contributed by atoms with Gasteiger partial charge >= 0.3 is 0 Å². The van der Waals surface area contributed by atoms with E-state index in [1.165, 1.54) is 0 Å². The number of hydrogen-bond acceptors (Lipinski definition) is 3. The topological polar surface area (TPSA) is 81.8 Å². The molecule has 0 saturated heterocycles. The molecular formula is C16H15BrN4O2. The van der Waals surface area contributed by atoms with Crippen molar-refractivity contribution in [2.45, 2.75) is 13.5 Å². The van der Waals surface area contributed by atoms with Gasteiger partial charge in [0.1, 0.15) is 11.5 Å². The molecule has 2 heterocycles. The highest BCUT2D eigenvalue weighted by molar-refractivity contribution is 9.10. The number of amides is 1. The summed E-state index contributed by atoms with van der Waals surface area (Å²) in [5.41, 5.74) is 0.913. The molecular weight excluding hydrogens is 360 g/mol. The first-order chi connectivity index (χ1) is 11.1. The molecule has 0 unspecified atom stereocenters. The Kier molecular flexibility index (Phi) is 4.29. The van der Waals surface area contributed by atoms with Gasteiger partial charge in [-0.05, 0) is 41.1 Å². The van der Waals surface area contributed by atoms with E-state index in [2.05, 4.69) is 30.9 Å². The molecule has 0 atom stereocenters. The number of aromatic nitrogens is 3. The van der Waals surface area contributed by atoms with Crippen LogP contribution in [0.1, 0.15) is 23.2 Å². The molecule has 1 amide bonds. The van der Waals surface area contributed by atoms with Crippen molar-refractivity contribution in [3.05, 3.63) is 62.9 Å². The van der Waals surface area contributed by atoms with Crippen LogP contribution in [0, 0.1) is 0 Å². The summed E-state index contributed by atoms with van der Waals surface area (Å²) >= 11 is 3.31. The van der Waals surface area contributed by atoms with Crippen molar-refractivity contribution in [1.29, 1.82) is 0 Å². The Balaban J connectivity index is 1.90. The number of aromatic amines is 2. The maximum Gasteiger partial charge on any atom is 0.270 e. The maximum absolute atomic E-state index is 12.5. The summed E-state index contributed by atoms with van der Waals surface area (Å²) in [5, 5.41) is 0.541. The molecule has 3 rings (SSSR count). The second-order valence-corrected chi connectivity index (χ2v) is 6.00. The zero-order valence-electron chi connectivity index (χ0n) is 12.5. The molecule has 2 N–H and O–H groups in total. The summed E-state index contributed by atoms with van der Waals surface area (Å²) in [6.07, 6.45) is 1.71. The smallest absolute Gasteiger partial charge is 0.270 e. The van der Waals surface area contributed by atoms with Gasteiger partial charge in [0.05, 0.1) is 17.4 Å². The predicted molar refractivity (Wildman–Crippen MR) is 91.3 cm³/mol. The Hall–Kier alpha value is -2.41. The molecule has 0 spiro atoms. The normalized spacial score (nSPS) is 10.9. The summed E-state index contributed by atoms with van der Waals surface area (Å²) < 4.78 is 0.814. The van der Waals surface area contributed by atoms with Crippen molar-refractivity contribution >= 4 is 32.7 Å². The molecule has 2 aromatic heterocycles. The third-order valence-electron chi connectivity index (χ3n) is 3.55. The van der Waals surface area contributed by atoms with Gasteiger partial charge in [-0.3, -0.25) is 9.59 Å². The largest absolute Gasteiger partial charge is 0.356 e. The summed E-state index contributed by atoms with van der Waals surface area (Å²) in [4.78, 5) is 36.3. The Morgan fingerprint density at radius 2 is 2.13 bits per heavy atom. The van der Waals surface area contributed by atoms with E-state index in [-0.39, 0.29) is 18.0 Å². The van der Waals surface area contributed by atoms with Crippen LogP contribution in [0.25, 0.3) is 10.9 Å². The van der Waals surface area contributed by atoms with E-state index in [4.69, 9.17) is 0 Å². The molecule has 118 valence electrons. The standard InChI is InChI=1S/C16H15BrN4O2/c1-2-21(16(23)13-7-10(17)8-18-13)9-14-19-12-6-4-3-5-11(12)15(22)20-14/h3-8,18H,2,9H2,1H3,(H,19,20,22). The fraction of sp³-hybridized carbons (Fsp3) is 0.188. The maximum atomic E-state index is 12.5. The summed E-state index contributed by atoms with van der Waals surface area (Å²) in [5.74, 6) is 0.323. The lowest BCUT2D eigenvalue weighted by Crippen LogP contribution is -2.32. The third kappa shape index (κ3) is 3.19. The van der Waals surface area contributed by atoms with Gasteiger partial charge in [0.15, 0.2) is 0 Å². The first-order valence-corrected chi connectivity index (χ1v) is 7.99. The Morgan fingerprint density at radius 3 is 2.83 bits per heavy atom. The fourth-order valence-electron chi connectivity index (χ4n) is 2.38. The van der Waals surface area contributed by atoms with Crippen LogP contribution in [0.2, 0.25) is 0 Å². The Morgan fingerprint density at radius 1 is 1.35 bits per heavy atom. The van der Waals surface area contributed by atoms with Crippen molar-refractivity contribution in [2.75, 3.05) is 6.54 Å². The Bertz CT molecular complexity index is 916. The molecule has 0 aliphatic carbocycles. The average Bonchev–Trinajstić information content (AvgIpc) is 2.98. The number of halogens is 1. The summed E-state index contributed by atoms with van der Waals surface area (Å²) in [6, 6.07) is 8.86. The zero-order valence-corrected chi connectivity index (χ0v) is 14.1. The van der Waals surface area contributed by atoms with E-state index in [9.17, 15) is 9.59 Å². The van der Waals surface area contributed by atoms with Crippen molar-refractivity contribution in [3.8, 4) is 0 Å². The third-order valence-corrected chi connectivity index (χ3v) is 4.01. The zero-order chi connectivity index (χ0) is 16.4. The second-order valence-electron chi connectivity index (χ2n) is 5.08. The van der Waals surface area contributed by atoms with E-state index in [1.54, 1.807) is 35.4 Å².